The topological polar surface area (TPSA) is 60.9 Å². The van der Waals surface area contributed by atoms with E-state index in [1.54, 1.807) is 36.7 Å². The van der Waals surface area contributed by atoms with E-state index in [9.17, 15) is 4.79 Å². The third kappa shape index (κ3) is 2.28. The fourth-order valence-electron chi connectivity index (χ4n) is 2.38. The summed E-state index contributed by atoms with van der Waals surface area (Å²) in [5.74, 6) is -0.142. The molecule has 3 rings (SSSR count). The van der Waals surface area contributed by atoms with Crippen molar-refractivity contribution in [3.05, 3.63) is 58.9 Å². The Labute approximate surface area is 127 Å². The van der Waals surface area contributed by atoms with Crippen molar-refractivity contribution in [3.8, 4) is 0 Å². The lowest BCUT2D eigenvalue weighted by Crippen LogP contribution is -2.06. The molecule has 0 bridgehead atoms. The maximum absolute atomic E-state index is 12.7. The van der Waals surface area contributed by atoms with Gasteiger partial charge in [-0.05, 0) is 43.3 Å². The van der Waals surface area contributed by atoms with Crippen LogP contribution in [0.4, 0.5) is 5.69 Å². The molecule has 21 heavy (non-hydrogen) atoms. The standard InChI is InChI=1S/C16H14ClN3O/c1-2-20-9-19-15-13(20)8-7-12(18)14(15)16(21)10-3-5-11(17)6-4-10/h3-9H,2,18H2,1H3. The number of imidazole rings is 1. The van der Waals surface area contributed by atoms with Crippen LogP contribution in [0.15, 0.2) is 42.7 Å². The Kier molecular flexibility index (Phi) is 3.39. The molecule has 0 radical (unpaired) electrons. The summed E-state index contributed by atoms with van der Waals surface area (Å²) in [6.45, 7) is 2.81. The van der Waals surface area contributed by atoms with Gasteiger partial charge in [-0.2, -0.15) is 0 Å². The van der Waals surface area contributed by atoms with Crippen molar-refractivity contribution in [1.29, 1.82) is 0 Å². The van der Waals surface area contributed by atoms with E-state index in [-0.39, 0.29) is 5.78 Å². The molecule has 0 saturated carbocycles. The number of anilines is 1. The summed E-state index contributed by atoms with van der Waals surface area (Å²) in [6.07, 6.45) is 1.72. The molecule has 0 saturated heterocycles. The van der Waals surface area contributed by atoms with Gasteiger partial charge in [0.2, 0.25) is 0 Å². The van der Waals surface area contributed by atoms with Gasteiger partial charge in [-0.3, -0.25) is 4.79 Å². The van der Waals surface area contributed by atoms with Crippen LogP contribution in [0.3, 0.4) is 0 Å². The number of fused-ring (bicyclic) bond motifs is 1. The molecule has 0 aliphatic rings. The molecule has 0 unspecified atom stereocenters. The second kappa shape index (κ2) is 5.22. The van der Waals surface area contributed by atoms with E-state index in [0.717, 1.165) is 12.1 Å². The summed E-state index contributed by atoms with van der Waals surface area (Å²) in [4.78, 5) is 17.1. The highest BCUT2D eigenvalue weighted by Gasteiger charge is 2.18. The van der Waals surface area contributed by atoms with E-state index in [2.05, 4.69) is 4.98 Å². The van der Waals surface area contributed by atoms with Gasteiger partial charge in [0.1, 0.15) is 5.52 Å². The van der Waals surface area contributed by atoms with Crippen molar-refractivity contribution in [2.75, 3.05) is 5.73 Å². The molecule has 5 heteroatoms. The second-order valence-electron chi connectivity index (χ2n) is 4.76. The number of carbonyl (C=O) groups is 1. The summed E-state index contributed by atoms with van der Waals surface area (Å²) < 4.78 is 1.98. The minimum Gasteiger partial charge on any atom is -0.398 e. The van der Waals surface area contributed by atoms with Crippen molar-refractivity contribution < 1.29 is 4.79 Å². The number of rotatable bonds is 3. The van der Waals surface area contributed by atoms with E-state index in [1.807, 2.05) is 17.6 Å². The van der Waals surface area contributed by atoms with Crippen LogP contribution in [0, 0.1) is 0 Å². The number of aryl methyl sites for hydroxylation is 1. The molecule has 0 atom stereocenters. The van der Waals surface area contributed by atoms with Crippen molar-refractivity contribution in [1.82, 2.24) is 9.55 Å². The van der Waals surface area contributed by atoms with Gasteiger partial charge in [0.25, 0.3) is 0 Å². The molecule has 0 aliphatic carbocycles. The number of nitrogens with zero attached hydrogens (tertiary/aromatic N) is 2. The first-order chi connectivity index (χ1) is 10.1. The molecule has 0 amide bonds. The van der Waals surface area contributed by atoms with Crippen LogP contribution < -0.4 is 5.73 Å². The number of hydrogen-bond acceptors (Lipinski definition) is 3. The smallest absolute Gasteiger partial charge is 0.197 e. The highest BCUT2D eigenvalue weighted by molar-refractivity contribution is 6.30. The fraction of sp³-hybridized carbons (Fsp3) is 0.125. The number of nitrogens with two attached hydrogens (primary N) is 1. The highest BCUT2D eigenvalue weighted by Crippen LogP contribution is 2.26. The Morgan fingerprint density at radius 2 is 1.95 bits per heavy atom. The second-order valence-corrected chi connectivity index (χ2v) is 5.20. The summed E-state index contributed by atoms with van der Waals surface area (Å²) in [6, 6.07) is 10.4. The predicted molar refractivity (Wildman–Crippen MR) is 84.7 cm³/mol. The number of nitrogen functional groups attached to an aromatic ring is 1. The van der Waals surface area contributed by atoms with Crippen molar-refractivity contribution in [2.24, 2.45) is 0 Å². The molecule has 0 fully saturated rings. The average Bonchev–Trinajstić information content (AvgIpc) is 2.90. The number of aromatic nitrogens is 2. The fourth-order valence-corrected chi connectivity index (χ4v) is 2.51. The average molecular weight is 300 g/mol. The predicted octanol–water partition coefficient (Wildman–Crippen LogP) is 3.52. The van der Waals surface area contributed by atoms with Gasteiger partial charge in [0, 0.05) is 22.8 Å². The Morgan fingerprint density at radius 3 is 2.62 bits per heavy atom. The minimum absolute atomic E-state index is 0.142. The molecule has 0 spiro atoms. The minimum atomic E-state index is -0.142. The first kappa shape index (κ1) is 13.6. The van der Waals surface area contributed by atoms with Crippen LogP contribution >= 0.6 is 11.6 Å². The highest BCUT2D eigenvalue weighted by atomic mass is 35.5. The number of carbonyl (C=O) groups excluding carboxylic acids is 1. The Morgan fingerprint density at radius 1 is 1.24 bits per heavy atom. The molecule has 106 valence electrons. The van der Waals surface area contributed by atoms with Gasteiger partial charge < -0.3 is 10.3 Å². The van der Waals surface area contributed by atoms with Gasteiger partial charge >= 0.3 is 0 Å². The van der Waals surface area contributed by atoms with E-state index >= 15 is 0 Å². The Balaban J connectivity index is 2.19. The third-order valence-electron chi connectivity index (χ3n) is 3.50. The maximum Gasteiger partial charge on any atom is 0.197 e. The Bertz CT molecular complexity index is 821. The Hall–Kier alpha value is -2.33. The van der Waals surface area contributed by atoms with Crippen molar-refractivity contribution >= 4 is 34.1 Å². The SMILES string of the molecule is CCn1cnc2c(C(=O)c3ccc(Cl)cc3)c(N)ccc21. The monoisotopic (exact) mass is 299 g/mol. The molecule has 1 aromatic heterocycles. The van der Waals surface area contributed by atoms with Crippen molar-refractivity contribution in [2.45, 2.75) is 13.5 Å². The molecule has 0 aliphatic heterocycles. The molecular formula is C16H14ClN3O. The maximum atomic E-state index is 12.7. The number of hydrogen-bond donors (Lipinski definition) is 1. The van der Waals surface area contributed by atoms with Crippen LogP contribution in [0.1, 0.15) is 22.8 Å². The third-order valence-corrected chi connectivity index (χ3v) is 3.75. The quantitative estimate of drug-likeness (QED) is 0.594. The van der Waals surface area contributed by atoms with E-state index in [4.69, 9.17) is 17.3 Å². The van der Waals surface area contributed by atoms with Crippen LogP contribution in [0.5, 0.6) is 0 Å². The van der Waals surface area contributed by atoms with Gasteiger partial charge in [0.05, 0.1) is 17.4 Å². The van der Waals surface area contributed by atoms with Gasteiger partial charge in [0.15, 0.2) is 5.78 Å². The molecule has 4 nitrogen and oxygen atoms in total. The molecule has 1 heterocycles. The molecule has 3 aromatic rings. The van der Waals surface area contributed by atoms with E-state index < -0.39 is 0 Å². The van der Waals surface area contributed by atoms with Gasteiger partial charge in [-0.1, -0.05) is 11.6 Å². The first-order valence-electron chi connectivity index (χ1n) is 6.65. The van der Waals surface area contributed by atoms with Gasteiger partial charge in [-0.25, -0.2) is 4.98 Å². The first-order valence-corrected chi connectivity index (χ1v) is 7.03. The number of benzene rings is 2. The van der Waals surface area contributed by atoms with Crippen molar-refractivity contribution in [3.63, 3.8) is 0 Å². The van der Waals surface area contributed by atoms with E-state index in [1.165, 1.54) is 0 Å². The number of ketones is 1. The zero-order chi connectivity index (χ0) is 15.0. The lowest BCUT2D eigenvalue weighted by molar-refractivity contribution is 0.104. The lowest BCUT2D eigenvalue weighted by atomic mass is 10.0. The number of halogens is 1. The summed E-state index contributed by atoms with van der Waals surface area (Å²) >= 11 is 5.86. The molecule has 2 aromatic carbocycles. The normalized spacial score (nSPS) is 11.0. The largest absolute Gasteiger partial charge is 0.398 e. The van der Waals surface area contributed by atoms with Crippen LogP contribution in [-0.2, 0) is 6.54 Å². The zero-order valence-electron chi connectivity index (χ0n) is 11.5. The zero-order valence-corrected chi connectivity index (χ0v) is 12.3. The van der Waals surface area contributed by atoms with Gasteiger partial charge in [-0.15, -0.1) is 0 Å². The summed E-state index contributed by atoms with van der Waals surface area (Å²) in [5, 5.41) is 0.591. The summed E-state index contributed by atoms with van der Waals surface area (Å²) in [5.41, 5.74) is 8.98. The molecule has 2 N–H and O–H groups in total. The van der Waals surface area contributed by atoms with Crippen LogP contribution in [-0.4, -0.2) is 15.3 Å². The molecular weight excluding hydrogens is 286 g/mol. The lowest BCUT2D eigenvalue weighted by Gasteiger charge is -2.07. The van der Waals surface area contributed by atoms with Crippen LogP contribution in [0.2, 0.25) is 5.02 Å². The van der Waals surface area contributed by atoms with Crippen LogP contribution in [0.25, 0.3) is 11.0 Å². The van der Waals surface area contributed by atoms with E-state index in [0.29, 0.717) is 27.4 Å². The summed E-state index contributed by atoms with van der Waals surface area (Å²) in [7, 11) is 0.